The fourth-order valence-corrected chi connectivity index (χ4v) is 4.49. The quantitative estimate of drug-likeness (QED) is 0.302. The van der Waals surface area contributed by atoms with Gasteiger partial charge in [0.25, 0.3) is 5.91 Å². The van der Waals surface area contributed by atoms with Gasteiger partial charge in [-0.3, -0.25) is 4.79 Å². The van der Waals surface area contributed by atoms with E-state index in [9.17, 15) is 4.79 Å². The Hall–Kier alpha value is -2.63. The van der Waals surface area contributed by atoms with Crippen LogP contribution in [0.5, 0.6) is 0 Å². The second kappa shape index (κ2) is 10.1. The van der Waals surface area contributed by atoms with Crippen LogP contribution < -0.4 is 10.6 Å². The van der Waals surface area contributed by atoms with Gasteiger partial charge in [0.15, 0.2) is 0 Å². The van der Waals surface area contributed by atoms with Crippen LogP contribution in [0, 0.1) is 0 Å². The van der Waals surface area contributed by atoms with Gasteiger partial charge in [0.1, 0.15) is 0 Å². The molecule has 1 aromatic heterocycles. The average molecular weight is 467 g/mol. The molecule has 31 heavy (non-hydrogen) atoms. The number of benzene rings is 3. The Morgan fingerprint density at radius 3 is 2.45 bits per heavy atom. The molecule has 1 unspecified atom stereocenters. The predicted octanol–water partition coefficient (Wildman–Crippen LogP) is 7.19. The topological polar surface area (TPSA) is 41.1 Å². The van der Waals surface area contributed by atoms with Gasteiger partial charge in [0.2, 0.25) is 0 Å². The van der Waals surface area contributed by atoms with Gasteiger partial charge in [0.05, 0.1) is 16.6 Å². The van der Waals surface area contributed by atoms with Crippen LogP contribution in [0.1, 0.15) is 32.4 Å². The van der Waals surface area contributed by atoms with E-state index in [0.717, 1.165) is 21.8 Å². The van der Waals surface area contributed by atoms with E-state index < -0.39 is 0 Å². The van der Waals surface area contributed by atoms with E-state index in [2.05, 4.69) is 28.1 Å². The van der Waals surface area contributed by atoms with Gasteiger partial charge in [-0.05, 0) is 59.0 Å². The van der Waals surface area contributed by atoms with Crippen molar-refractivity contribution in [1.29, 1.82) is 0 Å². The monoisotopic (exact) mass is 466 g/mol. The van der Waals surface area contributed by atoms with Crippen molar-refractivity contribution in [3.8, 4) is 0 Å². The third-order valence-corrected chi connectivity index (χ3v) is 6.36. The predicted molar refractivity (Wildman–Crippen MR) is 130 cm³/mol. The van der Waals surface area contributed by atoms with Crippen LogP contribution in [-0.4, -0.2) is 5.91 Å². The van der Waals surface area contributed by atoms with Crippen molar-refractivity contribution in [3.05, 3.63) is 122 Å². The molecule has 1 heterocycles. The number of carbonyl (C=O) groups excluding carboxylic acids is 1. The van der Waals surface area contributed by atoms with Gasteiger partial charge in [-0.15, -0.1) is 11.3 Å². The zero-order chi connectivity index (χ0) is 21.6. The number of hydrogen-bond donors (Lipinski definition) is 2. The van der Waals surface area contributed by atoms with E-state index in [1.54, 1.807) is 35.6 Å². The van der Waals surface area contributed by atoms with E-state index >= 15 is 0 Å². The van der Waals surface area contributed by atoms with Crippen molar-refractivity contribution in [3.63, 3.8) is 0 Å². The normalized spacial score (nSPS) is 11.8. The highest BCUT2D eigenvalue weighted by Crippen LogP contribution is 2.27. The summed E-state index contributed by atoms with van der Waals surface area (Å²) in [6.45, 7) is 0.640. The molecule has 4 aromatic rings. The summed E-state index contributed by atoms with van der Waals surface area (Å²) in [5.74, 6) is -0.228. The Labute approximate surface area is 195 Å². The molecule has 1 atom stereocenters. The third-order valence-electron chi connectivity index (χ3n) is 4.84. The first kappa shape index (κ1) is 21.6. The summed E-state index contributed by atoms with van der Waals surface area (Å²) in [6, 6.07) is 26.9. The van der Waals surface area contributed by atoms with E-state index in [4.69, 9.17) is 23.2 Å². The maximum Gasteiger partial charge on any atom is 0.257 e. The van der Waals surface area contributed by atoms with E-state index in [1.807, 2.05) is 48.5 Å². The summed E-state index contributed by atoms with van der Waals surface area (Å²) in [4.78, 5) is 13.8. The third kappa shape index (κ3) is 5.54. The molecule has 1 amide bonds. The summed E-state index contributed by atoms with van der Waals surface area (Å²) in [5.41, 5.74) is 3.39. The highest BCUT2D eigenvalue weighted by atomic mass is 35.5. The van der Waals surface area contributed by atoms with Gasteiger partial charge >= 0.3 is 0 Å². The van der Waals surface area contributed by atoms with Crippen molar-refractivity contribution >= 4 is 46.1 Å². The molecule has 0 aliphatic heterocycles. The molecule has 3 nitrogen and oxygen atoms in total. The number of carbonyl (C=O) groups is 1. The van der Waals surface area contributed by atoms with Crippen molar-refractivity contribution in [2.75, 3.05) is 5.32 Å². The number of rotatable bonds is 7. The second-order valence-electron chi connectivity index (χ2n) is 7.02. The molecule has 0 saturated carbocycles. The second-order valence-corrected chi connectivity index (χ2v) is 8.84. The van der Waals surface area contributed by atoms with E-state index in [-0.39, 0.29) is 11.9 Å². The fourth-order valence-electron chi connectivity index (χ4n) is 3.32. The van der Waals surface area contributed by atoms with Gasteiger partial charge < -0.3 is 10.6 Å². The molecular weight excluding hydrogens is 447 g/mol. The number of halogens is 2. The molecule has 156 valence electrons. The maximum absolute atomic E-state index is 12.6. The summed E-state index contributed by atoms with van der Waals surface area (Å²) in [5, 5.41) is 9.78. The van der Waals surface area contributed by atoms with Crippen molar-refractivity contribution < 1.29 is 4.79 Å². The Morgan fingerprint density at radius 2 is 1.71 bits per heavy atom. The number of hydrogen-bond acceptors (Lipinski definition) is 3. The van der Waals surface area contributed by atoms with Crippen molar-refractivity contribution in [2.24, 2.45) is 0 Å². The Morgan fingerprint density at radius 1 is 0.903 bits per heavy atom. The summed E-state index contributed by atoms with van der Waals surface area (Å²) in [7, 11) is 0. The fraction of sp³-hybridized carbons (Fsp3) is 0.0800. The molecular formula is C25H20Cl2N2OS. The lowest BCUT2D eigenvalue weighted by atomic mass is 10.0. The molecule has 0 fully saturated rings. The average Bonchev–Trinajstić information content (AvgIpc) is 3.30. The van der Waals surface area contributed by atoms with Crippen LogP contribution in [0.15, 0.2) is 90.3 Å². The standard InChI is InChI=1S/C25H20Cl2N2OS/c26-19-12-10-18(11-13-19)24(23-9-4-14-31-23)28-16-17-5-3-6-20(15-17)29-25(30)21-7-1-2-8-22(21)27/h1-15,24,28H,16H2,(H,29,30). The molecule has 0 radical (unpaired) electrons. The van der Waals surface area contributed by atoms with E-state index in [0.29, 0.717) is 17.1 Å². The van der Waals surface area contributed by atoms with Crippen LogP contribution in [0.4, 0.5) is 5.69 Å². The summed E-state index contributed by atoms with van der Waals surface area (Å²) in [6.07, 6.45) is 0. The minimum Gasteiger partial charge on any atom is -0.322 e. The lowest BCUT2D eigenvalue weighted by Crippen LogP contribution is -2.21. The highest BCUT2D eigenvalue weighted by molar-refractivity contribution is 7.10. The number of nitrogens with one attached hydrogen (secondary N) is 2. The van der Waals surface area contributed by atoms with Crippen LogP contribution in [0.25, 0.3) is 0 Å². The molecule has 6 heteroatoms. The van der Waals surface area contributed by atoms with Crippen LogP contribution in [0.3, 0.4) is 0 Å². The van der Waals surface area contributed by atoms with Gasteiger partial charge in [0, 0.05) is 22.1 Å². The summed E-state index contributed by atoms with van der Waals surface area (Å²) >= 11 is 13.9. The minimum absolute atomic E-state index is 0.0543. The number of thiophene rings is 1. The molecule has 0 saturated heterocycles. The smallest absolute Gasteiger partial charge is 0.257 e. The highest BCUT2D eigenvalue weighted by Gasteiger charge is 2.15. The minimum atomic E-state index is -0.228. The SMILES string of the molecule is O=C(Nc1cccc(CNC(c2ccc(Cl)cc2)c2cccs2)c1)c1ccccc1Cl. The van der Waals surface area contributed by atoms with Crippen molar-refractivity contribution in [2.45, 2.75) is 12.6 Å². The number of amides is 1. The Bertz CT molecular complexity index is 1160. The van der Waals surface area contributed by atoms with E-state index in [1.165, 1.54) is 4.88 Å². The van der Waals surface area contributed by atoms with Crippen molar-refractivity contribution in [1.82, 2.24) is 5.32 Å². The Balaban J connectivity index is 1.48. The van der Waals surface area contributed by atoms with Crippen LogP contribution in [-0.2, 0) is 6.54 Å². The maximum atomic E-state index is 12.6. The number of anilines is 1. The Kier molecular flexibility index (Phi) is 7.05. The lowest BCUT2D eigenvalue weighted by molar-refractivity contribution is 0.102. The van der Waals surface area contributed by atoms with Gasteiger partial charge in [-0.2, -0.15) is 0 Å². The van der Waals surface area contributed by atoms with Gasteiger partial charge in [-0.1, -0.05) is 65.7 Å². The molecule has 2 N–H and O–H groups in total. The first-order valence-electron chi connectivity index (χ1n) is 9.77. The first-order valence-corrected chi connectivity index (χ1v) is 11.4. The molecule has 0 aliphatic carbocycles. The summed E-state index contributed by atoms with van der Waals surface area (Å²) < 4.78 is 0. The van der Waals surface area contributed by atoms with Gasteiger partial charge in [-0.25, -0.2) is 0 Å². The molecule has 0 aliphatic rings. The molecule has 3 aromatic carbocycles. The zero-order valence-electron chi connectivity index (χ0n) is 16.5. The largest absolute Gasteiger partial charge is 0.322 e. The lowest BCUT2D eigenvalue weighted by Gasteiger charge is -2.19. The first-order chi connectivity index (χ1) is 15.1. The molecule has 0 spiro atoms. The molecule has 4 rings (SSSR count). The van der Waals surface area contributed by atoms with Crippen LogP contribution in [0.2, 0.25) is 10.0 Å². The van der Waals surface area contributed by atoms with Crippen LogP contribution >= 0.6 is 34.5 Å². The molecule has 0 bridgehead atoms. The zero-order valence-corrected chi connectivity index (χ0v) is 18.8.